The summed E-state index contributed by atoms with van der Waals surface area (Å²) >= 11 is 6.61. The summed E-state index contributed by atoms with van der Waals surface area (Å²) in [5.41, 5.74) is 5.83. The molecule has 0 heterocycles. The van der Waals surface area contributed by atoms with Gasteiger partial charge in [0.1, 0.15) is 5.84 Å². The molecule has 4 N–H and O–H groups in total. The number of amides is 1. The Labute approximate surface area is 109 Å². The third kappa shape index (κ3) is 3.49. The van der Waals surface area contributed by atoms with Crippen LogP contribution in [0.1, 0.15) is 6.42 Å². The van der Waals surface area contributed by atoms with Crippen molar-refractivity contribution in [3.63, 3.8) is 0 Å². The molecule has 0 saturated carbocycles. The van der Waals surface area contributed by atoms with Gasteiger partial charge in [-0.2, -0.15) is 0 Å². The maximum atomic E-state index is 11.5. The van der Waals surface area contributed by atoms with Crippen LogP contribution in [-0.2, 0) is 4.79 Å². The average Bonchev–Trinajstić information content (AvgIpc) is 2.23. The molecule has 0 fully saturated rings. The first-order valence-corrected chi connectivity index (χ1v) is 5.83. The Morgan fingerprint density at radius 3 is 2.50 bits per heavy atom. The summed E-state index contributed by atoms with van der Waals surface area (Å²) in [5.74, 6) is -0.497. The number of nitrogens with one attached hydrogen (secondary N) is 1. The Balaban J connectivity index is 2.77. The Hall–Kier alpha value is -1.08. The molecule has 16 heavy (non-hydrogen) atoms. The van der Waals surface area contributed by atoms with Crippen LogP contribution in [0.15, 0.2) is 32.3 Å². The van der Waals surface area contributed by atoms with E-state index in [2.05, 4.69) is 42.3 Å². The number of hydrogen-bond donors (Lipinski definition) is 3. The predicted octanol–water partition coefficient (Wildman–Crippen LogP) is 2.29. The molecule has 0 unspecified atom stereocenters. The van der Waals surface area contributed by atoms with Crippen LogP contribution in [0.3, 0.4) is 0 Å². The van der Waals surface area contributed by atoms with E-state index in [9.17, 15) is 4.79 Å². The van der Waals surface area contributed by atoms with Crippen molar-refractivity contribution in [1.82, 2.24) is 0 Å². The lowest BCUT2D eigenvalue weighted by atomic mass is 10.3. The smallest absolute Gasteiger partial charge is 0.232 e. The number of oxime groups is 1. The number of amidine groups is 1. The van der Waals surface area contributed by atoms with Gasteiger partial charge in [-0.3, -0.25) is 4.79 Å². The predicted molar refractivity (Wildman–Crippen MR) is 68.5 cm³/mol. The molecular formula is C9H9Br2N3O2. The minimum Gasteiger partial charge on any atom is -0.409 e. The monoisotopic (exact) mass is 349 g/mol. The molecule has 86 valence electrons. The lowest BCUT2D eigenvalue weighted by Gasteiger charge is -2.08. The Morgan fingerprint density at radius 2 is 2.00 bits per heavy atom. The molecule has 0 bridgehead atoms. The van der Waals surface area contributed by atoms with Crippen LogP contribution in [0.4, 0.5) is 5.69 Å². The fraction of sp³-hybridized carbons (Fsp3) is 0.111. The number of hydrogen-bond acceptors (Lipinski definition) is 3. The van der Waals surface area contributed by atoms with E-state index in [0.29, 0.717) is 5.69 Å². The summed E-state index contributed by atoms with van der Waals surface area (Å²) in [6.07, 6.45) is -0.162. The molecule has 1 amide bonds. The van der Waals surface area contributed by atoms with Crippen LogP contribution in [0, 0.1) is 0 Å². The molecule has 7 heteroatoms. The molecule has 0 aliphatic rings. The Kier molecular flexibility index (Phi) is 4.75. The molecule has 5 nitrogen and oxygen atoms in total. The van der Waals surface area contributed by atoms with Gasteiger partial charge in [0.2, 0.25) is 5.91 Å². The number of halogens is 2. The summed E-state index contributed by atoms with van der Waals surface area (Å²) in [5, 5.41) is 13.7. The van der Waals surface area contributed by atoms with E-state index in [1.807, 2.05) is 6.07 Å². The minimum absolute atomic E-state index is 0.138. The molecule has 0 spiro atoms. The molecule has 1 rings (SSSR count). The highest BCUT2D eigenvalue weighted by atomic mass is 79.9. The number of nitrogens with zero attached hydrogens (tertiary/aromatic N) is 1. The van der Waals surface area contributed by atoms with E-state index < -0.39 is 0 Å². The highest BCUT2D eigenvalue weighted by Gasteiger charge is 2.10. The first-order chi connectivity index (χ1) is 7.54. The largest absolute Gasteiger partial charge is 0.409 e. The van der Waals surface area contributed by atoms with Crippen molar-refractivity contribution in [2.24, 2.45) is 10.9 Å². The van der Waals surface area contributed by atoms with Crippen LogP contribution < -0.4 is 11.1 Å². The maximum Gasteiger partial charge on any atom is 0.232 e. The van der Waals surface area contributed by atoms with Crippen molar-refractivity contribution in [3.05, 3.63) is 27.1 Å². The minimum atomic E-state index is -0.358. The number of carbonyl (C=O) groups is 1. The SMILES string of the molecule is N/C(CC(=O)Nc1c(Br)cccc1Br)=N/O. The lowest BCUT2D eigenvalue weighted by molar-refractivity contribution is -0.115. The highest BCUT2D eigenvalue weighted by Crippen LogP contribution is 2.30. The number of para-hydroxylation sites is 1. The van der Waals surface area contributed by atoms with Crippen LogP contribution in [-0.4, -0.2) is 17.0 Å². The van der Waals surface area contributed by atoms with Crippen LogP contribution in [0.25, 0.3) is 0 Å². The topological polar surface area (TPSA) is 87.7 Å². The molecule has 0 aliphatic carbocycles. The summed E-state index contributed by atoms with van der Waals surface area (Å²) < 4.78 is 1.49. The van der Waals surface area contributed by atoms with E-state index in [1.165, 1.54) is 0 Å². The lowest BCUT2D eigenvalue weighted by Crippen LogP contribution is -2.22. The van der Waals surface area contributed by atoms with E-state index in [0.717, 1.165) is 8.95 Å². The molecule has 0 radical (unpaired) electrons. The van der Waals surface area contributed by atoms with Gasteiger partial charge in [0.05, 0.1) is 12.1 Å². The summed E-state index contributed by atoms with van der Waals surface area (Å²) in [7, 11) is 0. The van der Waals surface area contributed by atoms with Gasteiger partial charge in [0.15, 0.2) is 0 Å². The fourth-order valence-electron chi connectivity index (χ4n) is 1.00. The van der Waals surface area contributed by atoms with Crippen molar-refractivity contribution >= 4 is 49.3 Å². The van der Waals surface area contributed by atoms with E-state index in [-0.39, 0.29) is 18.2 Å². The van der Waals surface area contributed by atoms with Gasteiger partial charge in [0.25, 0.3) is 0 Å². The van der Waals surface area contributed by atoms with E-state index in [4.69, 9.17) is 10.9 Å². The highest BCUT2D eigenvalue weighted by molar-refractivity contribution is 9.11. The van der Waals surface area contributed by atoms with Crippen molar-refractivity contribution in [2.75, 3.05) is 5.32 Å². The second-order valence-corrected chi connectivity index (χ2v) is 4.62. The molecule has 0 aromatic heterocycles. The molecule has 0 saturated heterocycles. The third-order valence-electron chi connectivity index (χ3n) is 1.70. The van der Waals surface area contributed by atoms with Gasteiger partial charge < -0.3 is 16.3 Å². The molecule has 0 atom stereocenters. The van der Waals surface area contributed by atoms with Gasteiger partial charge in [-0.15, -0.1) is 0 Å². The Morgan fingerprint density at radius 1 is 1.44 bits per heavy atom. The van der Waals surface area contributed by atoms with E-state index >= 15 is 0 Å². The summed E-state index contributed by atoms with van der Waals surface area (Å²) in [6, 6.07) is 5.42. The first kappa shape index (κ1) is 13.0. The van der Waals surface area contributed by atoms with Crippen LogP contribution in [0.5, 0.6) is 0 Å². The number of anilines is 1. The maximum absolute atomic E-state index is 11.5. The molecule has 1 aromatic carbocycles. The third-order valence-corrected chi connectivity index (χ3v) is 3.02. The zero-order chi connectivity index (χ0) is 12.1. The second kappa shape index (κ2) is 5.86. The second-order valence-electron chi connectivity index (χ2n) is 2.91. The van der Waals surface area contributed by atoms with Crippen molar-refractivity contribution in [2.45, 2.75) is 6.42 Å². The Bertz CT molecular complexity index is 415. The van der Waals surface area contributed by atoms with Gasteiger partial charge in [-0.25, -0.2) is 0 Å². The van der Waals surface area contributed by atoms with Crippen LogP contribution >= 0.6 is 31.9 Å². The zero-order valence-electron chi connectivity index (χ0n) is 8.08. The van der Waals surface area contributed by atoms with Gasteiger partial charge in [0, 0.05) is 8.95 Å². The van der Waals surface area contributed by atoms with Gasteiger partial charge in [-0.1, -0.05) is 11.2 Å². The number of carbonyl (C=O) groups excluding carboxylic acids is 1. The van der Waals surface area contributed by atoms with Gasteiger partial charge in [-0.05, 0) is 44.0 Å². The standard InChI is InChI=1S/C9H9Br2N3O2/c10-5-2-1-3-6(11)9(5)13-8(15)4-7(12)14-16/h1-3,16H,4H2,(H2,12,14)(H,13,15). The van der Waals surface area contributed by atoms with Crippen molar-refractivity contribution in [1.29, 1.82) is 0 Å². The summed E-state index contributed by atoms with van der Waals surface area (Å²) in [6.45, 7) is 0. The van der Waals surface area contributed by atoms with Crippen molar-refractivity contribution < 1.29 is 10.0 Å². The van der Waals surface area contributed by atoms with Gasteiger partial charge >= 0.3 is 0 Å². The quantitative estimate of drug-likeness (QED) is 0.338. The number of benzene rings is 1. The molecular weight excluding hydrogens is 342 g/mol. The molecule has 0 aliphatic heterocycles. The summed E-state index contributed by atoms with van der Waals surface area (Å²) in [4.78, 5) is 11.5. The normalized spacial score (nSPS) is 11.2. The van der Waals surface area contributed by atoms with Crippen molar-refractivity contribution in [3.8, 4) is 0 Å². The fourth-order valence-corrected chi connectivity index (χ4v) is 2.20. The van der Waals surface area contributed by atoms with Crippen LogP contribution in [0.2, 0.25) is 0 Å². The number of rotatable bonds is 3. The zero-order valence-corrected chi connectivity index (χ0v) is 11.2. The molecule has 1 aromatic rings. The van der Waals surface area contributed by atoms with E-state index in [1.54, 1.807) is 12.1 Å². The number of nitrogens with two attached hydrogens (primary N) is 1. The average molecular weight is 351 g/mol. The first-order valence-electron chi connectivity index (χ1n) is 4.25.